The van der Waals surface area contributed by atoms with E-state index < -0.39 is 6.17 Å². The van der Waals surface area contributed by atoms with Crippen LogP contribution in [0.5, 0.6) is 0 Å². The van der Waals surface area contributed by atoms with Gasteiger partial charge in [0, 0.05) is 38.5 Å². The van der Waals surface area contributed by atoms with Gasteiger partial charge in [0.2, 0.25) is 0 Å². The molecule has 0 aromatic carbocycles. The molecule has 6 nitrogen and oxygen atoms in total. The van der Waals surface area contributed by atoms with Gasteiger partial charge in [-0.05, 0) is 38.1 Å². The molecule has 1 aliphatic carbocycles. The normalized spacial score (nSPS) is 51.2. The molecule has 5 aliphatic rings. The van der Waals surface area contributed by atoms with Crippen LogP contribution >= 0.6 is 0 Å². The lowest BCUT2D eigenvalue weighted by molar-refractivity contribution is -0.0819. The molecule has 25 heavy (non-hydrogen) atoms. The van der Waals surface area contributed by atoms with Crippen molar-refractivity contribution >= 4 is 0 Å². The van der Waals surface area contributed by atoms with E-state index in [0.717, 1.165) is 38.6 Å². The summed E-state index contributed by atoms with van der Waals surface area (Å²) in [4.78, 5) is 2.53. The molecular weight excluding hydrogens is 321 g/mol. The van der Waals surface area contributed by atoms with Crippen molar-refractivity contribution in [2.45, 2.75) is 62.8 Å². The van der Waals surface area contributed by atoms with Crippen LogP contribution in [-0.4, -0.2) is 79.9 Å². The second-order valence-corrected chi connectivity index (χ2v) is 8.68. The Hall–Kier alpha value is -0.310. The summed E-state index contributed by atoms with van der Waals surface area (Å²) in [7, 11) is 0. The maximum absolute atomic E-state index is 14.1. The van der Waals surface area contributed by atoms with Crippen LogP contribution in [0.3, 0.4) is 0 Å². The number of alkyl halides is 1. The van der Waals surface area contributed by atoms with Gasteiger partial charge < -0.3 is 15.0 Å². The lowest BCUT2D eigenvalue weighted by atomic mass is 9.89. The van der Waals surface area contributed by atoms with Crippen molar-refractivity contribution in [1.82, 2.24) is 26.0 Å². The highest BCUT2D eigenvalue weighted by molar-refractivity contribution is 4.98. The molecule has 0 spiro atoms. The van der Waals surface area contributed by atoms with Crippen LogP contribution < -0.4 is 16.1 Å². The molecule has 0 radical (unpaired) electrons. The van der Waals surface area contributed by atoms with E-state index in [0.29, 0.717) is 31.1 Å². The van der Waals surface area contributed by atoms with Gasteiger partial charge in [0.25, 0.3) is 0 Å². The summed E-state index contributed by atoms with van der Waals surface area (Å²) in [6.07, 6.45) is 4.62. The van der Waals surface area contributed by atoms with E-state index in [-0.39, 0.29) is 12.1 Å². The largest absolute Gasteiger partial charge is 0.375 e. The van der Waals surface area contributed by atoms with E-state index in [2.05, 4.69) is 26.0 Å². The first kappa shape index (κ1) is 16.8. The van der Waals surface area contributed by atoms with Gasteiger partial charge in [-0.15, -0.1) is 0 Å². The van der Waals surface area contributed by atoms with Crippen LogP contribution in [0, 0.1) is 11.8 Å². The number of nitrogens with one attached hydrogen (secondary N) is 3. The fourth-order valence-corrected chi connectivity index (χ4v) is 5.63. The summed E-state index contributed by atoms with van der Waals surface area (Å²) >= 11 is 0. The lowest BCUT2D eigenvalue weighted by Gasteiger charge is -2.44. The SMILES string of the molecule is FC1CCC2C(C1)OCCN1CC[C@H](CC3NCC4CNN2C4N3)C1. The van der Waals surface area contributed by atoms with Crippen molar-refractivity contribution in [1.29, 1.82) is 0 Å². The van der Waals surface area contributed by atoms with Gasteiger partial charge in [-0.2, -0.15) is 0 Å². The van der Waals surface area contributed by atoms with Crippen molar-refractivity contribution in [3.8, 4) is 0 Å². The average molecular weight is 353 g/mol. The van der Waals surface area contributed by atoms with Gasteiger partial charge in [-0.1, -0.05) is 0 Å². The molecule has 8 atom stereocenters. The molecule has 7 unspecified atom stereocenters. The zero-order valence-corrected chi connectivity index (χ0v) is 15.0. The van der Waals surface area contributed by atoms with Gasteiger partial charge in [0.1, 0.15) is 6.17 Å². The zero-order chi connectivity index (χ0) is 16.8. The standard InChI is InChI=1S/C18H32FN5O/c19-14-1-2-15-16(8-14)25-6-5-23-4-3-12(11-23)7-17-20-9-13-10-21-24(15)18(13)22-17/h12-18,20-22H,1-11H2/t12-,13?,14?,15?,16?,17?,18?/m1/s1. The van der Waals surface area contributed by atoms with Crippen LogP contribution in [0.1, 0.15) is 32.1 Å². The quantitative estimate of drug-likeness (QED) is 0.581. The first-order valence-electron chi connectivity index (χ1n) is 10.3. The molecule has 0 aromatic heterocycles. The number of halogens is 1. The van der Waals surface area contributed by atoms with Crippen LogP contribution in [-0.2, 0) is 4.74 Å². The van der Waals surface area contributed by atoms with E-state index in [9.17, 15) is 4.39 Å². The van der Waals surface area contributed by atoms with E-state index in [4.69, 9.17) is 4.74 Å². The molecule has 4 saturated heterocycles. The third-order valence-electron chi connectivity index (χ3n) is 7.01. The molecule has 142 valence electrons. The second-order valence-electron chi connectivity index (χ2n) is 8.68. The highest BCUT2D eigenvalue weighted by Gasteiger charge is 2.46. The molecule has 4 bridgehead atoms. The topological polar surface area (TPSA) is 51.8 Å². The Labute approximate surface area is 149 Å². The summed E-state index contributed by atoms with van der Waals surface area (Å²) in [5.74, 6) is 1.34. The van der Waals surface area contributed by atoms with Crippen molar-refractivity contribution in [3.63, 3.8) is 0 Å². The Kier molecular flexibility index (Phi) is 4.73. The number of ether oxygens (including phenoxy) is 1. The van der Waals surface area contributed by atoms with E-state index in [1.807, 2.05) is 0 Å². The maximum Gasteiger partial charge on any atom is 0.103 e. The highest BCUT2D eigenvalue weighted by atomic mass is 19.1. The van der Waals surface area contributed by atoms with E-state index in [1.165, 1.54) is 25.9 Å². The number of fused-ring (bicyclic) bond motifs is 5. The third-order valence-corrected chi connectivity index (χ3v) is 7.01. The summed E-state index contributed by atoms with van der Waals surface area (Å²) in [6, 6.07) is 0.279. The molecular formula is C18H32FN5O. The average Bonchev–Trinajstić information content (AvgIpc) is 3.21. The third kappa shape index (κ3) is 3.35. The Morgan fingerprint density at radius 1 is 1.04 bits per heavy atom. The lowest BCUT2D eigenvalue weighted by Crippen LogP contribution is -2.65. The Morgan fingerprint density at radius 2 is 2.00 bits per heavy atom. The summed E-state index contributed by atoms with van der Waals surface area (Å²) in [5, 5.41) is 9.98. The number of hydrazine groups is 1. The molecule has 4 heterocycles. The number of hydrogen-bond donors (Lipinski definition) is 3. The second kappa shape index (κ2) is 7.02. The van der Waals surface area contributed by atoms with Crippen LogP contribution in [0.25, 0.3) is 0 Å². The number of nitrogens with zero attached hydrogens (tertiary/aromatic N) is 2. The highest BCUT2D eigenvalue weighted by Crippen LogP contribution is 2.32. The molecule has 0 amide bonds. The molecule has 1 saturated carbocycles. The minimum Gasteiger partial charge on any atom is -0.375 e. The van der Waals surface area contributed by atoms with Crippen molar-refractivity contribution in [2.75, 3.05) is 39.3 Å². The fourth-order valence-electron chi connectivity index (χ4n) is 5.63. The summed E-state index contributed by atoms with van der Waals surface area (Å²) < 4.78 is 20.3. The Morgan fingerprint density at radius 3 is 2.96 bits per heavy atom. The number of rotatable bonds is 0. The maximum atomic E-state index is 14.1. The summed E-state index contributed by atoms with van der Waals surface area (Å²) in [5.41, 5.74) is 3.62. The molecule has 7 heteroatoms. The molecule has 5 fully saturated rings. The van der Waals surface area contributed by atoms with Crippen molar-refractivity contribution in [2.24, 2.45) is 11.8 Å². The van der Waals surface area contributed by atoms with E-state index in [1.54, 1.807) is 0 Å². The fraction of sp³-hybridized carbons (Fsp3) is 1.00. The predicted octanol–water partition coefficient (Wildman–Crippen LogP) is 0.269. The van der Waals surface area contributed by atoms with Crippen molar-refractivity contribution < 1.29 is 9.13 Å². The van der Waals surface area contributed by atoms with Crippen LogP contribution in [0.4, 0.5) is 4.39 Å². The summed E-state index contributed by atoms with van der Waals surface area (Å²) in [6.45, 7) is 6.14. The zero-order valence-electron chi connectivity index (χ0n) is 15.0. The molecule has 0 aromatic rings. The first-order chi connectivity index (χ1) is 12.3. The first-order valence-corrected chi connectivity index (χ1v) is 10.3. The van der Waals surface area contributed by atoms with Gasteiger partial charge in [0.05, 0.1) is 31.1 Å². The van der Waals surface area contributed by atoms with Crippen LogP contribution in [0.2, 0.25) is 0 Å². The van der Waals surface area contributed by atoms with Gasteiger partial charge in [-0.3, -0.25) is 10.7 Å². The van der Waals surface area contributed by atoms with Gasteiger partial charge in [-0.25, -0.2) is 9.40 Å². The van der Waals surface area contributed by atoms with E-state index >= 15 is 0 Å². The Balaban J connectivity index is 1.38. The Bertz CT molecular complexity index is 482. The van der Waals surface area contributed by atoms with Gasteiger partial charge in [0.15, 0.2) is 0 Å². The smallest absolute Gasteiger partial charge is 0.103 e. The molecule has 3 N–H and O–H groups in total. The van der Waals surface area contributed by atoms with Gasteiger partial charge >= 0.3 is 0 Å². The monoisotopic (exact) mass is 353 g/mol. The minimum absolute atomic E-state index is 0.00397. The molecule has 5 rings (SSSR count). The van der Waals surface area contributed by atoms with Crippen LogP contribution in [0.15, 0.2) is 0 Å². The predicted molar refractivity (Wildman–Crippen MR) is 93.5 cm³/mol. The minimum atomic E-state index is -0.708. The van der Waals surface area contributed by atoms with Crippen molar-refractivity contribution in [3.05, 3.63) is 0 Å². The number of hydrogen-bond acceptors (Lipinski definition) is 6. The molecule has 4 aliphatic heterocycles.